The summed E-state index contributed by atoms with van der Waals surface area (Å²) in [6, 6.07) is 0. The van der Waals surface area contributed by atoms with Gasteiger partial charge in [0.1, 0.15) is 19.8 Å². The van der Waals surface area contributed by atoms with Crippen molar-refractivity contribution in [2.24, 2.45) is 0 Å². The van der Waals surface area contributed by atoms with Gasteiger partial charge in [-0.05, 0) is 44.9 Å². The number of quaternary nitrogens is 1. The van der Waals surface area contributed by atoms with Crippen LogP contribution in [-0.4, -0.2) is 109 Å². The topological polar surface area (TPSA) is 169 Å². The fraction of sp³-hybridized carbons (Fsp3) is 0.714. The second kappa shape index (κ2) is 33.7. The number of carbonyl (C=O) groups excluding carboxylic acids is 2. The third-order valence-corrected chi connectivity index (χ3v) is 9.37. The summed E-state index contributed by atoms with van der Waals surface area (Å²) in [5.41, 5.74) is 0. The largest absolute Gasteiger partial charge is 0.472 e. The Morgan fingerprint density at radius 2 is 1.27 bits per heavy atom. The van der Waals surface area contributed by atoms with Crippen LogP contribution in [0.25, 0.3) is 0 Å². The van der Waals surface area contributed by atoms with E-state index in [9.17, 15) is 34.4 Å². The van der Waals surface area contributed by atoms with Crippen LogP contribution in [0.15, 0.2) is 60.8 Å². The molecule has 4 N–H and O–H groups in total. The molecule has 0 saturated heterocycles. The average molecular weight is 801 g/mol. The highest BCUT2D eigenvalue weighted by atomic mass is 31.2. The Morgan fingerprint density at radius 1 is 0.673 bits per heavy atom. The van der Waals surface area contributed by atoms with Crippen molar-refractivity contribution in [2.45, 2.75) is 147 Å². The molecular weight excluding hydrogens is 725 g/mol. The molecule has 0 aliphatic carbocycles. The Morgan fingerprint density at radius 3 is 1.95 bits per heavy atom. The van der Waals surface area contributed by atoms with Crippen molar-refractivity contribution >= 4 is 19.8 Å². The minimum atomic E-state index is -4.46. The molecule has 0 spiro atoms. The number of phosphoric acid groups is 1. The molecule has 0 amide bonds. The van der Waals surface area contributed by atoms with Crippen LogP contribution in [0.2, 0.25) is 0 Å². The molecule has 55 heavy (non-hydrogen) atoms. The summed E-state index contributed by atoms with van der Waals surface area (Å²) in [7, 11) is 1.27. The van der Waals surface area contributed by atoms with E-state index in [1.807, 2.05) is 21.1 Å². The normalized spacial score (nSPS) is 16.0. The van der Waals surface area contributed by atoms with Crippen molar-refractivity contribution < 1.29 is 57.4 Å². The van der Waals surface area contributed by atoms with Crippen LogP contribution in [0.5, 0.6) is 0 Å². The van der Waals surface area contributed by atoms with Gasteiger partial charge in [0.15, 0.2) is 6.10 Å². The van der Waals surface area contributed by atoms with Crippen LogP contribution in [0.4, 0.5) is 0 Å². The molecule has 0 heterocycles. The van der Waals surface area contributed by atoms with Gasteiger partial charge in [-0.3, -0.25) is 18.6 Å². The van der Waals surface area contributed by atoms with Gasteiger partial charge in [0.2, 0.25) is 0 Å². The molecule has 0 radical (unpaired) electrons. The molecule has 0 aromatic carbocycles. The number of aliphatic hydroxyl groups excluding tert-OH is 3. The fourth-order valence-electron chi connectivity index (χ4n) is 4.96. The van der Waals surface area contributed by atoms with Gasteiger partial charge in [-0.1, -0.05) is 126 Å². The molecule has 5 atom stereocenters. The number of likely N-dealkylation sites (N-methyl/N-ethyl adjacent to an activating group) is 1. The fourth-order valence-corrected chi connectivity index (χ4v) is 5.71. The van der Waals surface area contributed by atoms with Crippen LogP contribution in [0, 0.1) is 0 Å². The van der Waals surface area contributed by atoms with Crippen LogP contribution in [-0.2, 0) is 32.7 Å². The predicted octanol–water partition coefficient (Wildman–Crippen LogP) is 7.82. The summed E-state index contributed by atoms with van der Waals surface area (Å²) in [4.78, 5) is 35.3. The van der Waals surface area contributed by atoms with Crippen LogP contribution in [0.1, 0.15) is 123 Å². The number of aliphatic hydroxyl groups is 3. The minimum absolute atomic E-state index is 0.0279. The third-order valence-electron chi connectivity index (χ3n) is 8.39. The summed E-state index contributed by atoms with van der Waals surface area (Å²) in [5, 5.41) is 30.4. The lowest BCUT2D eigenvalue weighted by Crippen LogP contribution is -2.37. The molecule has 0 aliphatic rings. The lowest BCUT2D eigenvalue weighted by atomic mass is 10.1. The Kier molecular flexibility index (Phi) is 32.2. The molecule has 12 nitrogen and oxygen atoms in total. The smallest absolute Gasteiger partial charge is 0.462 e. The number of phosphoric ester groups is 1. The third kappa shape index (κ3) is 35.7. The standard InChI is InChI=1S/C42H74NO11P/c1-6-8-10-11-12-13-14-15-16-21-25-31-42(48)54-38(36-53-55(49,50)52-34-33-43(3,4)5)35-51-41(47)32-26-30-40(46)39(45)29-24-20-18-17-19-23-28-37(44)27-22-9-7-2/h11-12,17-20,23-24,28-29,37-40,44-46H,6-10,13-16,21-22,25-27,30-36H2,1-5H3/p+1/b12-11-,19-17-,20-18+,28-23+,29-24+/t37-,38-,39-,40-/m1/s1. The molecule has 0 aliphatic heterocycles. The number of hydrogen-bond acceptors (Lipinski definition) is 10. The van der Waals surface area contributed by atoms with Gasteiger partial charge >= 0.3 is 19.8 Å². The van der Waals surface area contributed by atoms with Crippen LogP contribution >= 0.6 is 7.82 Å². The second-order valence-corrected chi connectivity index (χ2v) is 16.3. The molecule has 0 saturated carbocycles. The number of nitrogens with zero attached hydrogens (tertiary/aromatic N) is 1. The lowest BCUT2D eigenvalue weighted by Gasteiger charge is -2.24. The van der Waals surface area contributed by atoms with Gasteiger partial charge in [-0.2, -0.15) is 0 Å². The van der Waals surface area contributed by atoms with Crippen molar-refractivity contribution in [1.29, 1.82) is 0 Å². The van der Waals surface area contributed by atoms with Crippen molar-refractivity contribution in [2.75, 3.05) is 47.5 Å². The van der Waals surface area contributed by atoms with E-state index in [-0.39, 0.29) is 38.9 Å². The van der Waals surface area contributed by atoms with E-state index >= 15 is 0 Å². The Balaban J connectivity index is 4.76. The van der Waals surface area contributed by atoms with E-state index in [1.165, 1.54) is 18.9 Å². The summed E-state index contributed by atoms with van der Waals surface area (Å²) in [5.74, 6) is -1.15. The first-order valence-electron chi connectivity index (χ1n) is 20.3. The van der Waals surface area contributed by atoms with Crippen molar-refractivity contribution in [3.05, 3.63) is 60.8 Å². The van der Waals surface area contributed by atoms with E-state index < -0.39 is 50.8 Å². The molecule has 0 aromatic rings. The number of hydrogen-bond donors (Lipinski definition) is 4. The SMILES string of the molecule is CCCC/C=C\CCCCCCCC(=O)O[C@H](COC(=O)CCC[C@@H](O)[C@H](O)/C=C/C=C/C=C\C=C\[C@H](O)CCCCC)COP(=O)(O)OCC[N+](C)(C)C. The van der Waals surface area contributed by atoms with Gasteiger partial charge in [0.25, 0.3) is 0 Å². The molecule has 0 bridgehead atoms. The van der Waals surface area contributed by atoms with E-state index in [2.05, 4.69) is 26.0 Å². The Hall–Kier alpha value is -2.41. The predicted molar refractivity (Wildman–Crippen MR) is 219 cm³/mol. The highest BCUT2D eigenvalue weighted by Gasteiger charge is 2.27. The first kappa shape index (κ1) is 52.6. The van der Waals surface area contributed by atoms with Crippen molar-refractivity contribution in [1.82, 2.24) is 0 Å². The molecule has 0 fully saturated rings. The maximum atomic E-state index is 12.6. The van der Waals surface area contributed by atoms with Crippen molar-refractivity contribution in [3.8, 4) is 0 Å². The van der Waals surface area contributed by atoms with Gasteiger partial charge in [-0.25, -0.2) is 4.57 Å². The molecule has 0 aromatic heterocycles. The van der Waals surface area contributed by atoms with E-state index in [1.54, 1.807) is 42.5 Å². The van der Waals surface area contributed by atoms with Gasteiger partial charge in [0, 0.05) is 12.8 Å². The van der Waals surface area contributed by atoms with Gasteiger partial charge < -0.3 is 34.2 Å². The zero-order valence-corrected chi connectivity index (χ0v) is 35.4. The number of carbonyl (C=O) groups is 2. The number of unbranched alkanes of at least 4 members (excludes halogenated alkanes) is 9. The van der Waals surface area contributed by atoms with E-state index in [0.29, 0.717) is 17.4 Å². The van der Waals surface area contributed by atoms with Crippen molar-refractivity contribution in [3.63, 3.8) is 0 Å². The zero-order chi connectivity index (χ0) is 41.2. The molecular formula is C42H75NO11P+. The summed E-state index contributed by atoms with van der Waals surface area (Å²) in [6.07, 6.45) is 27.9. The maximum absolute atomic E-state index is 12.6. The van der Waals surface area contributed by atoms with Gasteiger partial charge in [-0.15, -0.1) is 0 Å². The Labute approximate surface area is 332 Å². The molecule has 0 rings (SSSR count). The molecule has 318 valence electrons. The number of ether oxygens (including phenoxy) is 2. The minimum Gasteiger partial charge on any atom is -0.462 e. The van der Waals surface area contributed by atoms with Crippen LogP contribution < -0.4 is 0 Å². The first-order valence-corrected chi connectivity index (χ1v) is 21.8. The number of allylic oxidation sites excluding steroid dienone is 8. The van der Waals surface area contributed by atoms with Gasteiger partial charge in [0.05, 0.1) is 46.1 Å². The molecule has 1 unspecified atom stereocenters. The van der Waals surface area contributed by atoms with E-state index in [4.69, 9.17) is 18.5 Å². The van der Waals surface area contributed by atoms with E-state index in [0.717, 1.165) is 64.2 Å². The molecule has 13 heteroatoms. The quantitative estimate of drug-likeness (QED) is 0.0123. The monoisotopic (exact) mass is 801 g/mol. The summed E-state index contributed by atoms with van der Waals surface area (Å²) >= 11 is 0. The lowest BCUT2D eigenvalue weighted by molar-refractivity contribution is -0.870. The highest BCUT2D eigenvalue weighted by Crippen LogP contribution is 2.43. The van der Waals surface area contributed by atoms with Crippen LogP contribution in [0.3, 0.4) is 0 Å². The number of rotatable bonds is 35. The average Bonchev–Trinajstić information content (AvgIpc) is 3.12. The Bertz CT molecular complexity index is 1180. The summed E-state index contributed by atoms with van der Waals surface area (Å²) < 4.78 is 33.9. The second-order valence-electron chi connectivity index (χ2n) is 14.9. The maximum Gasteiger partial charge on any atom is 0.472 e. The summed E-state index contributed by atoms with van der Waals surface area (Å²) in [6.45, 7) is 3.83. The first-order chi connectivity index (χ1) is 26.2. The number of esters is 2. The zero-order valence-electron chi connectivity index (χ0n) is 34.5. The highest BCUT2D eigenvalue weighted by molar-refractivity contribution is 7.47.